The third kappa shape index (κ3) is 0.997. The van der Waals surface area contributed by atoms with Crippen LogP contribution in [0.25, 0.3) is 0 Å². The van der Waals surface area contributed by atoms with Crippen LogP contribution in [0.4, 0.5) is 0 Å². The Kier molecular flexibility index (Phi) is 1.56. The minimum absolute atomic E-state index is 0.493. The molecule has 1 aliphatic heterocycles. The van der Waals surface area contributed by atoms with Gasteiger partial charge in [-0.15, -0.1) is 0 Å². The summed E-state index contributed by atoms with van der Waals surface area (Å²) in [6.07, 6.45) is 8.71. The van der Waals surface area contributed by atoms with E-state index >= 15 is 0 Å². The van der Waals surface area contributed by atoms with E-state index in [1.165, 1.54) is 38.5 Å². The van der Waals surface area contributed by atoms with Gasteiger partial charge in [-0.2, -0.15) is 0 Å². The van der Waals surface area contributed by atoms with Gasteiger partial charge in [0.05, 0.1) is 0 Å². The van der Waals surface area contributed by atoms with Crippen molar-refractivity contribution in [3.63, 3.8) is 0 Å². The van der Waals surface area contributed by atoms with Gasteiger partial charge < -0.3 is 5.32 Å². The van der Waals surface area contributed by atoms with E-state index in [9.17, 15) is 0 Å². The molecule has 3 rings (SSSR count). The highest BCUT2D eigenvalue weighted by Crippen LogP contribution is 2.64. The number of hydrogen-bond acceptors (Lipinski definition) is 1. The van der Waals surface area contributed by atoms with E-state index in [0.29, 0.717) is 16.4 Å². The third-order valence-electron chi connectivity index (χ3n) is 5.26. The lowest BCUT2D eigenvalue weighted by atomic mass is 9.62. The fourth-order valence-corrected chi connectivity index (χ4v) is 4.15. The molecule has 0 aromatic carbocycles. The van der Waals surface area contributed by atoms with E-state index in [4.69, 9.17) is 0 Å². The minimum Gasteiger partial charge on any atom is -0.308 e. The molecule has 3 fully saturated rings. The third-order valence-corrected chi connectivity index (χ3v) is 5.26. The minimum atomic E-state index is 0.493. The van der Waals surface area contributed by atoms with Gasteiger partial charge >= 0.3 is 0 Å². The zero-order valence-corrected chi connectivity index (χ0v) is 9.82. The summed E-state index contributed by atoms with van der Waals surface area (Å²) in [5.41, 5.74) is 1.73. The van der Waals surface area contributed by atoms with Gasteiger partial charge in [0.1, 0.15) is 0 Å². The first-order valence-electron chi connectivity index (χ1n) is 6.25. The van der Waals surface area contributed by atoms with Gasteiger partial charge in [0.15, 0.2) is 0 Å². The highest BCUT2D eigenvalue weighted by atomic mass is 15.1. The fourth-order valence-electron chi connectivity index (χ4n) is 4.15. The van der Waals surface area contributed by atoms with E-state index in [1.54, 1.807) is 0 Å². The van der Waals surface area contributed by atoms with Crippen molar-refractivity contribution in [1.29, 1.82) is 0 Å². The summed E-state index contributed by atoms with van der Waals surface area (Å²) in [6, 6.07) is 0.838. The van der Waals surface area contributed by atoms with Gasteiger partial charge in [-0.25, -0.2) is 0 Å². The predicted molar refractivity (Wildman–Crippen MR) is 59.2 cm³/mol. The largest absolute Gasteiger partial charge is 0.308 e. The van der Waals surface area contributed by atoms with E-state index in [0.717, 1.165) is 6.04 Å². The Hall–Kier alpha value is -0.0400. The van der Waals surface area contributed by atoms with Crippen LogP contribution in [0.3, 0.4) is 0 Å². The van der Waals surface area contributed by atoms with Crippen LogP contribution in [0.1, 0.15) is 59.3 Å². The maximum absolute atomic E-state index is 3.95. The topological polar surface area (TPSA) is 12.0 Å². The molecule has 0 bridgehead atoms. The summed E-state index contributed by atoms with van der Waals surface area (Å²) >= 11 is 0. The zero-order chi connectivity index (χ0) is 10.0. The molecule has 1 saturated heterocycles. The van der Waals surface area contributed by atoms with Gasteiger partial charge in [-0.3, -0.25) is 0 Å². The second-order valence-electron chi connectivity index (χ2n) is 6.95. The molecular formula is C13H23N. The lowest BCUT2D eigenvalue weighted by Gasteiger charge is -2.42. The molecule has 1 heterocycles. The molecule has 14 heavy (non-hydrogen) atoms. The first kappa shape index (κ1) is 9.21. The van der Waals surface area contributed by atoms with E-state index < -0.39 is 0 Å². The van der Waals surface area contributed by atoms with E-state index in [2.05, 4.69) is 26.1 Å². The number of fused-ring (bicyclic) bond motifs is 1. The van der Waals surface area contributed by atoms with Crippen molar-refractivity contribution in [3.8, 4) is 0 Å². The van der Waals surface area contributed by atoms with Crippen LogP contribution in [0.5, 0.6) is 0 Å². The summed E-state index contributed by atoms with van der Waals surface area (Å²) in [7, 11) is 0. The molecule has 2 aliphatic carbocycles. The molecule has 0 aromatic rings. The average Bonchev–Trinajstić information content (AvgIpc) is 2.47. The van der Waals surface area contributed by atoms with Gasteiger partial charge in [-0.1, -0.05) is 27.2 Å². The summed E-state index contributed by atoms with van der Waals surface area (Å²) in [5.74, 6) is 0. The van der Waals surface area contributed by atoms with Crippen molar-refractivity contribution in [1.82, 2.24) is 5.32 Å². The Morgan fingerprint density at radius 2 is 1.86 bits per heavy atom. The van der Waals surface area contributed by atoms with Crippen LogP contribution < -0.4 is 5.32 Å². The van der Waals surface area contributed by atoms with Crippen LogP contribution in [0.2, 0.25) is 0 Å². The van der Waals surface area contributed by atoms with Crippen molar-refractivity contribution >= 4 is 0 Å². The first-order chi connectivity index (χ1) is 6.48. The Labute approximate surface area is 87.7 Å². The van der Waals surface area contributed by atoms with Gasteiger partial charge in [0, 0.05) is 11.6 Å². The second kappa shape index (κ2) is 2.37. The first-order valence-corrected chi connectivity index (χ1v) is 6.25. The quantitative estimate of drug-likeness (QED) is 0.623. The van der Waals surface area contributed by atoms with Crippen LogP contribution in [0.15, 0.2) is 0 Å². The molecule has 1 nitrogen and oxygen atoms in total. The Balaban J connectivity index is 1.95. The molecule has 1 spiro atoms. The molecule has 0 aromatic heterocycles. The lowest BCUT2D eigenvalue weighted by Crippen LogP contribution is -2.41. The lowest BCUT2D eigenvalue weighted by molar-refractivity contribution is 0.0875. The number of hydrogen-bond donors (Lipinski definition) is 1. The Bertz CT molecular complexity index is 259. The molecule has 0 amide bonds. The monoisotopic (exact) mass is 193 g/mol. The maximum atomic E-state index is 3.95. The van der Waals surface area contributed by atoms with Crippen molar-refractivity contribution in [2.24, 2.45) is 10.8 Å². The summed E-state index contributed by atoms with van der Waals surface area (Å²) < 4.78 is 0. The number of rotatable bonds is 0. The summed E-state index contributed by atoms with van der Waals surface area (Å²) in [5, 5.41) is 3.95. The Morgan fingerprint density at radius 1 is 1.14 bits per heavy atom. The molecule has 2 unspecified atom stereocenters. The second-order valence-corrected chi connectivity index (χ2v) is 6.95. The summed E-state index contributed by atoms with van der Waals surface area (Å²) in [6.45, 7) is 7.36. The molecule has 0 radical (unpaired) electrons. The summed E-state index contributed by atoms with van der Waals surface area (Å²) in [4.78, 5) is 0. The predicted octanol–water partition coefficient (Wildman–Crippen LogP) is 3.10. The average molecular weight is 193 g/mol. The van der Waals surface area contributed by atoms with E-state index in [-0.39, 0.29) is 0 Å². The SMILES string of the molecule is CC(C)(C)C12CCCC1NC1(CC1)C2. The molecule has 3 aliphatic rings. The van der Waals surface area contributed by atoms with E-state index in [1.807, 2.05) is 0 Å². The Morgan fingerprint density at radius 3 is 2.36 bits per heavy atom. The molecule has 2 saturated carbocycles. The van der Waals surface area contributed by atoms with Gasteiger partial charge in [0.25, 0.3) is 0 Å². The van der Waals surface area contributed by atoms with Crippen LogP contribution in [-0.4, -0.2) is 11.6 Å². The van der Waals surface area contributed by atoms with Crippen LogP contribution >= 0.6 is 0 Å². The number of nitrogens with one attached hydrogen (secondary N) is 1. The van der Waals surface area contributed by atoms with Crippen molar-refractivity contribution in [3.05, 3.63) is 0 Å². The fraction of sp³-hybridized carbons (Fsp3) is 1.00. The molecular weight excluding hydrogens is 170 g/mol. The smallest absolute Gasteiger partial charge is 0.0191 e. The molecule has 1 heteroatoms. The highest BCUT2D eigenvalue weighted by molar-refractivity contribution is 5.20. The van der Waals surface area contributed by atoms with Gasteiger partial charge in [-0.05, 0) is 42.9 Å². The van der Waals surface area contributed by atoms with Crippen LogP contribution in [0, 0.1) is 10.8 Å². The van der Waals surface area contributed by atoms with Crippen molar-refractivity contribution in [2.45, 2.75) is 70.9 Å². The highest BCUT2D eigenvalue weighted by Gasteiger charge is 2.64. The molecule has 80 valence electrons. The van der Waals surface area contributed by atoms with Crippen LogP contribution in [-0.2, 0) is 0 Å². The maximum Gasteiger partial charge on any atom is 0.0191 e. The van der Waals surface area contributed by atoms with Crippen molar-refractivity contribution in [2.75, 3.05) is 0 Å². The van der Waals surface area contributed by atoms with Crippen molar-refractivity contribution < 1.29 is 0 Å². The van der Waals surface area contributed by atoms with Gasteiger partial charge in [0.2, 0.25) is 0 Å². The molecule has 1 N–H and O–H groups in total. The molecule has 2 atom stereocenters. The standard InChI is InChI=1S/C13H23N/c1-11(2,3)13-6-4-5-10(13)14-12(9-13)7-8-12/h10,14H,4-9H2,1-3H3. The normalized spacial score (nSPS) is 44.4. The zero-order valence-electron chi connectivity index (χ0n) is 9.82.